The van der Waals surface area contributed by atoms with E-state index in [1.165, 1.54) is 0 Å². The minimum Gasteiger partial charge on any atom is -0.508 e. The number of aromatic hydroxyl groups is 1. The molecule has 12 heavy (non-hydrogen) atoms. The van der Waals surface area contributed by atoms with Crippen LogP contribution in [0.2, 0.25) is 0 Å². The third-order valence-electron chi connectivity index (χ3n) is 1.85. The number of hydrogen-bond acceptors (Lipinski definition) is 3. The Kier molecular flexibility index (Phi) is 2.68. The van der Waals surface area contributed by atoms with E-state index in [0.717, 1.165) is 5.56 Å². The monoisotopic (exact) mass is 167 g/mol. The van der Waals surface area contributed by atoms with Crippen molar-refractivity contribution in [2.24, 2.45) is 0 Å². The first kappa shape index (κ1) is 9.03. The summed E-state index contributed by atoms with van der Waals surface area (Å²) in [5.41, 5.74) is 3.78. The van der Waals surface area contributed by atoms with E-state index in [1.807, 2.05) is 13.0 Å². The highest BCUT2D eigenvalue weighted by atomic mass is 16.5. The van der Waals surface area contributed by atoms with Crippen molar-refractivity contribution in [1.82, 2.24) is 5.48 Å². The third-order valence-corrected chi connectivity index (χ3v) is 1.85. The molecule has 0 unspecified atom stereocenters. The van der Waals surface area contributed by atoms with Gasteiger partial charge in [0.15, 0.2) is 0 Å². The molecular formula is C9H13NO2. The Bertz CT molecular complexity index is 273. The summed E-state index contributed by atoms with van der Waals surface area (Å²) in [6.45, 7) is 3.67. The molecule has 0 amide bonds. The van der Waals surface area contributed by atoms with E-state index in [1.54, 1.807) is 19.1 Å². The molecule has 3 heteroatoms. The van der Waals surface area contributed by atoms with Gasteiger partial charge in [-0.25, -0.2) is 0 Å². The Labute approximate surface area is 71.6 Å². The first-order chi connectivity index (χ1) is 5.65. The first-order valence-electron chi connectivity index (χ1n) is 3.84. The maximum Gasteiger partial charge on any atom is 0.120 e. The van der Waals surface area contributed by atoms with Crippen LogP contribution in [0.1, 0.15) is 24.1 Å². The Morgan fingerprint density at radius 3 is 2.58 bits per heavy atom. The van der Waals surface area contributed by atoms with Gasteiger partial charge in [0.2, 0.25) is 0 Å². The fraction of sp³-hybridized carbons (Fsp3) is 0.333. The zero-order valence-corrected chi connectivity index (χ0v) is 7.20. The van der Waals surface area contributed by atoms with Crippen molar-refractivity contribution in [3.05, 3.63) is 29.3 Å². The number of hydrogen-bond donors (Lipinski definition) is 3. The molecule has 3 N–H and O–H groups in total. The molecule has 0 heterocycles. The second-order valence-electron chi connectivity index (χ2n) is 2.91. The predicted molar refractivity (Wildman–Crippen MR) is 46.2 cm³/mol. The number of rotatable bonds is 2. The number of phenolic OH excluding ortho intramolecular Hbond substituents is 1. The smallest absolute Gasteiger partial charge is 0.120 e. The summed E-state index contributed by atoms with van der Waals surface area (Å²) in [6, 6.07) is 5.11. The Hall–Kier alpha value is -1.06. The van der Waals surface area contributed by atoms with Crippen LogP contribution in [0.5, 0.6) is 5.75 Å². The Morgan fingerprint density at radius 2 is 2.08 bits per heavy atom. The summed E-state index contributed by atoms with van der Waals surface area (Å²) in [5, 5.41) is 18.1. The summed E-state index contributed by atoms with van der Waals surface area (Å²) < 4.78 is 0. The van der Waals surface area contributed by atoms with Crippen molar-refractivity contribution in [2.45, 2.75) is 19.9 Å². The van der Waals surface area contributed by atoms with Crippen molar-refractivity contribution < 1.29 is 10.3 Å². The van der Waals surface area contributed by atoms with E-state index in [9.17, 15) is 5.11 Å². The van der Waals surface area contributed by atoms with Gasteiger partial charge in [0, 0.05) is 5.56 Å². The first-order valence-corrected chi connectivity index (χ1v) is 3.84. The van der Waals surface area contributed by atoms with Crippen molar-refractivity contribution in [3.63, 3.8) is 0 Å². The van der Waals surface area contributed by atoms with Gasteiger partial charge in [-0.05, 0) is 25.5 Å². The maximum atomic E-state index is 9.44. The van der Waals surface area contributed by atoms with Crippen molar-refractivity contribution in [3.8, 4) is 5.75 Å². The lowest BCUT2D eigenvalue weighted by Crippen LogP contribution is -2.13. The van der Waals surface area contributed by atoms with E-state index in [-0.39, 0.29) is 11.8 Å². The molecule has 0 bridgehead atoms. The maximum absolute atomic E-state index is 9.44. The molecule has 1 atom stereocenters. The Morgan fingerprint density at radius 1 is 1.42 bits per heavy atom. The highest BCUT2D eigenvalue weighted by Gasteiger charge is 2.07. The average molecular weight is 167 g/mol. The zero-order valence-electron chi connectivity index (χ0n) is 7.20. The summed E-state index contributed by atoms with van der Waals surface area (Å²) in [7, 11) is 0. The molecule has 1 rings (SSSR count). The van der Waals surface area contributed by atoms with Gasteiger partial charge in [0.1, 0.15) is 5.75 Å². The van der Waals surface area contributed by atoms with Crippen LogP contribution in [0.3, 0.4) is 0 Å². The van der Waals surface area contributed by atoms with Crippen LogP contribution >= 0.6 is 0 Å². The topological polar surface area (TPSA) is 52.5 Å². The van der Waals surface area contributed by atoms with E-state index in [4.69, 9.17) is 5.21 Å². The van der Waals surface area contributed by atoms with Crippen molar-refractivity contribution >= 4 is 0 Å². The van der Waals surface area contributed by atoms with Crippen LogP contribution in [-0.4, -0.2) is 10.3 Å². The lowest BCUT2D eigenvalue weighted by Gasteiger charge is -2.11. The molecule has 3 nitrogen and oxygen atoms in total. The Balaban J connectivity index is 3.01. The molecule has 1 aromatic carbocycles. The molecule has 0 saturated heterocycles. The van der Waals surface area contributed by atoms with Crippen LogP contribution in [0, 0.1) is 6.92 Å². The lowest BCUT2D eigenvalue weighted by molar-refractivity contribution is 0.132. The predicted octanol–water partition coefficient (Wildman–Crippen LogP) is 1.74. The summed E-state index contributed by atoms with van der Waals surface area (Å²) in [4.78, 5) is 0. The molecule has 0 saturated carbocycles. The molecule has 0 radical (unpaired) electrons. The third kappa shape index (κ3) is 1.75. The zero-order chi connectivity index (χ0) is 9.14. The quantitative estimate of drug-likeness (QED) is 0.588. The number of phenols is 1. The average Bonchev–Trinajstić information content (AvgIpc) is 2.03. The van der Waals surface area contributed by atoms with Gasteiger partial charge in [-0.3, -0.25) is 0 Å². The fourth-order valence-electron chi connectivity index (χ4n) is 1.09. The summed E-state index contributed by atoms with van der Waals surface area (Å²) >= 11 is 0. The summed E-state index contributed by atoms with van der Waals surface area (Å²) in [6.07, 6.45) is 0. The highest BCUT2D eigenvalue weighted by molar-refractivity contribution is 5.37. The summed E-state index contributed by atoms with van der Waals surface area (Å²) in [5.74, 6) is 0.212. The standard InChI is InChI=1S/C9H13NO2/c1-6-3-4-8(7(2)10-12)9(11)5-6/h3-5,7,10-12H,1-2H3/t7-/m1/s1. The van der Waals surface area contributed by atoms with Crippen LogP contribution in [0.15, 0.2) is 18.2 Å². The molecule has 66 valence electrons. The van der Waals surface area contributed by atoms with E-state index in [2.05, 4.69) is 5.48 Å². The molecule has 0 aromatic heterocycles. The van der Waals surface area contributed by atoms with Gasteiger partial charge in [0.05, 0.1) is 6.04 Å². The van der Waals surface area contributed by atoms with Crippen molar-refractivity contribution in [1.29, 1.82) is 0 Å². The number of hydroxylamine groups is 1. The second-order valence-corrected chi connectivity index (χ2v) is 2.91. The minimum atomic E-state index is -0.245. The molecular weight excluding hydrogens is 154 g/mol. The molecule has 0 aliphatic carbocycles. The fourth-order valence-corrected chi connectivity index (χ4v) is 1.09. The van der Waals surface area contributed by atoms with Crippen LogP contribution in [0.4, 0.5) is 0 Å². The molecule has 0 aliphatic rings. The number of aryl methyl sites for hydroxylation is 1. The van der Waals surface area contributed by atoms with Gasteiger partial charge in [0.25, 0.3) is 0 Å². The van der Waals surface area contributed by atoms with Gasteiger partial charge >= 0.3 is 0 Å². The van der Waals surface area contributed by atoms with Crippen molar-refractivity contribution in [2.75, 3.05) is 0 Å². The molecule has 0 aliphatic heterocycles. The van der Waals surface area contributed by atoms with Gasteiger partial charge < -0.3 is 10.3 Å². The minimum absolute atomic E-state index is 0.212. The van der Waals surface area contributed by atoms with Gasteiger partial charge in [-0.2, -0.15) is 5.48 Å². The molecule has 0 spiro atoms. The SMILES string of the molecule is Cc1ccc([C@@H](C)NO)c(O)c1. The van der Waals surface area contributed by atoms with Crippen LogP contribution < -0.4 is 5.48 Å². The highest BCUT2D eigenvalue weighted by Crippen LogP contribution is 2.24. The van der Waals surface area contributed by atoms with E-state index >= 15 is 0 Å². The van der Waals surface area contributed by atoms with E-state index < -0.39 is 0 Å². The lowest BCUT2D eigenvalue weighted by atomic mass is 10.1. The number of benzene rings is 1. The normalized spacial score (nSPS) is 12.9. The molecule has 0 fully saturated rings. The van der Waals surface area contributed by atoms with Crippen LogP contribution in [-0.2, 0) is 0 Å². The van der Waals surface area contributed by atoms with Crippen LogP contribution in [0.25, 0.3) is 0 Å². The largest absolute Gasteiger partial charge is 0.508 e. The number of nitrogens with one attached hydrogen (secondary N) is 1. The van der Waals surface area contributed by atoms with E-state index in [0.29, 0.717) is 5.56 Å². The second kappa shape index (κ2) is 3.56. The molecule has 1 aromatic rings. The van der Waals surface area contributed by atoms with Gasteiger partial charge in [-0.15, -0.1) is 0 Å². The van der Waals surface area contributed by atoms with Gasteiger partial charge in [-0.1, -0.05) is 12.1 Å².